The maximum atomic E-state index is 11.5. The predicted molar refractivity (Wildman–Crippen MR) is 74.0 cm³/mol. The molecule has 2 aromatic rings. The van der Waals surface area contributed by atoms with Gasteiger partial charge in [-0.1, -0.05) is 27.7 Å². The summed E-state index contributed by atoms with van der Waals surface area (Å²) in [6.45, 7) is 8.34. The highest BCUT2D eigenvalue weighted by atomic mass is 32.1. The number of nitrogens with one attached hydrogen (secondary N) is 1. The van der Waals surface area contributed by atoms with Gasteiger partial charge in [-0.2, -0.15) is 0 Å². The van der Waals surface area contributed by atoms with E-state index in [2.05, 4.69) is 35.7 Å². The molecule has 0 amide bonds. The zero-order valence-corrected chi connectivity index (χ0v) is 11.9. The first-order valence-electron chi connectivity index (χ1n) is 5.97. The number of aromatic nitrogens is 3. The van der Waals surface area contributed by atoms with Gasteiger partial charge in [0.15, 0.2) is 5.82 Å². The highest BCUT2D eigenvalue weighted by Crippen LogP contribution is 2.28. The van der Waals surface area contributed by atoms with Crippen LogP contribution in [0.25, 0.3) is 11.5 Å². The van der Waals surface area contributed by atoms with E-state index in [1.165, 1.54) is 6.07 Å². The Bertz CT molecular complexity index is 607. The summed E-state index contributed by atoms with van der Waals surface area (Å²) < 4.78 is 0. The molecule has 2 aromatic heterocycles. The predicted octanol–water partition coefficient (Wildman–Crippen LogP) is 2.75. The van der Waals surface area contributed by atoms with E-state index in [0.29, 0.717) is 5.82 Å². The molecule has 0 unspecified atom stereocenters. The van der Waals surface area contributed by atoms with Crippen LogP contribution in [-0.4, -0.2) is 15.0 Å². The van der Waals surface area contributed by atoms with E-state index in [4.69, 9.17) is 0 Å². The van der Waals surface area contributed by atoms with Crippen LogP contribution in [0.15, 0.2) is 16.2 Å². The molecule has 0 atom stereocenters. The van der Waals surface area contributed by atoms with Gasteiger partial charge in [0.1, 0.15) is 5.69 Å². The maximum absolute atomic E-state index is 11.5. The Hall–Kier alpha value is -1.49. The van der Waals surface area contributed by atoms with Crippen molar-refractivity contribution in [1.82, 2.24) is 15.0 Å². The van der Waals surface area contributed by atoms with Crippen LogP contribution >= 0.6 is 11.3 Å². The molecule has 0 spiro atoms. The van der Waals surface area contributed by atoms with Gasteiger partial charge in [0, 0.05) is 22.6 Å². The number of hydrogen-bond acceptors (Lipinski definition) is 4. The van der Waals surface area contributed by atoms with Gasteiger partial charge < -0.3 is 4.98 Å². The Balaban J connectivity index is 2.46. The van der Waals surface area contributed by atoms with Crippen molar-refractivity contribution in [2.24, 2.45) is 0 Å². The fraction of sp³-hybridized carbons (Fsp3) is 0.462. The van der Waals surface area contributed by atoms with Crippen LogP contribution in [0.4, 0.5) is 0 Å². The Morgan fingerprint density at radius 2 is 2.06 bits per heavy atom. The maximum Gasteiger partial charge on any atom is 0.251 e. The summed E-state index contributed by atoms with van der Waals surface area (Å²) in [7, 11) is 0. The molecule has 18 heavy (non-hydrogen) atoms. The smallest absolute Gasteiger partial charge is 0.251 e. The van der Waals surface area contributed by atoms with Gasteiger partial charge in [-0.3, -0.25) is 4.79 Å². The number of hydrogen-bond donors (Lipinski definition) is 1. The summed E-state index contributed by atoms with van der Waals surface area (Å²) in [5.41, 5.74) is 1.43. The second kappa shape index (κ2) is 4.65. The summed E-state index contributed by atoms with van der Waals surface area (Å²) in [4.78, 5) is 23.2. The minimum Gasteiger partial charge on any atom is -0.305 e. The van der Waals surface area contributed by atoms with Crippen molar-refractivity contribution in [3.8, 4) is 11.5 Å². The van der Waals surface area contributed by atoms with Crippen molar-refractivity contribution in [3.05, 3.63) is 32.5 Å². The first-order chi connectivity index (χ1) is 8.40. The molecule has 0 bridgehead atoms. The molecular weight excluding hydrogens is 246 g/mol. The van der Waals surface area contributed by atoms with E-state index < -0.39 is 0 Å². The fourth-order valence-electron chi connectivity index (χ4n) is 1.54. The van der Waals surface area contributed by atoms with Crippen LogP contribution in [0, 0.1) is 0 Å². The SMILES string of the molecule is CCc1cc(=O)[nH]c(-c2csc(C(C)(C)C)n2)n1. The van der Waals surface area contributed by atoms with Gasteiger partial charge in [0.25, 0.3) is 5.56 Å². The van der Waals surface area contributed by atoms with E-state index in [-0.39, 0.29) is 11.0 Å². The highest BCUT2D eigenvalue weighted by molar-refractivity contribution is 7.10. The van der Waals surface area contributed by atoms with Crippen LogP contribution in [0.2, 0.25) is 0 Å². The normalized spacial score (nSPS) is 11.8. The van der Waals surface area contributed by atoms with E-state index >= 15 is 0 Å². The molecule has 0 aliphatic carbocycles. The van der Waals surface area contributed by atoms with Crippen LogP contribution < -0.4 is 5.56 Å². The van der Waals surface area contributed by atoms with Gasteiger partial charge in [-0.05, 0) is 6.42 Å². The van der Waals surface area contributed by atoms with Crippen molar-refractivity contribution in [3.63, 3.8) is 0 Å². The van der Waals surface area contributed by atoms with Crippen LogP contribution in [0.3, 0.4) is 0 Å². The average molecular weight is 263 g/mol. The highest BCUT2D eigenvalue weighted by Gasteiger charge is 2.19. The van der Waals surface area contributed by atoms with Crippen molar-refractivity contribution < 1.29 is 0 Å². The van der Waals surface area contributed by atoms with Crippen molar-refractivity contribution in [1.29, 1.82) is 0 Å². The lowest BCUT2D eigenvalue weighted by Crippen LogP contribution is -2.12. The van der Waals surface area contributed by atoms with Gasteiger partial charge in [-0.15, -0.1) is 11.3 Å². The summed E-state index contributed by atoms with van der Waals surface area (Å²) >= 11 is 1.60. The molecular formula is C13H17N3OS. The minimum absolute atomic E-state index is 0.0194. The molecule has 4 nitrogen and oxygen atoms in total. The number of H-pyrrole nitrogens is 1. The van der Waals surface area contributed by atoms with E-state index in [0.717, 1.165) is 22.8 Å². The van der Waals surface area contributed by atoms with Crippen molar-refractivity contribution in [2.75, 3.05) is 0 Å². The number of thiazole rings is 1. The van der Waals surface area contributed by atoms with E-state index in [1.807, 2.05) is 12.3 Å². The average Bonchev–Trinajstić information content (AvgIpc) is 2.77. The molecule has 5 heteroatoms. The summed E-state index contributed by atoms with van der Waals surface area (Å²) in [5.74, 6) is 0.561. The van der Waals surface area contributed by atoms with Gasteiger partial charge in [0.2, 0.25) is 0 Å². The Labute approximate surface area is 110 Å². The molecule has 0 aliphatic rings. The molecule has 96 valence electrons. The van der Waals surface area contributed by atoms with Crippen molar-refractivity contribution in [2.45, 2.75) is 39.5 Å². The molecule has 0 radical (unpaired) electrons. The quantitative estimate of drug-likeness (QED) is 0.906. The van der Waals surface area contributed by atoms with Gasteiger partial charge >= 0.3 is 0 Å². The Morgan fingerprint density at radius 3 is 2.61 bits per heavy atom. The van der Waals surface area contributed by atoms with Gasteiger partial charge in [-0.25, -0.2) is 9.97 Å². The zero-order chi connectivity index (χ0) is 13.3. The Kier molecular flexibility index (Phi) is 3.34. The van der Waals surface area contributed by atoms with E-state index in [1.54, 1.807) is 11.3 Å². The van der Waals surface area contributed by atoms with E-state index in [9.17, 15) is 4.79 Å². The lowest BCUT2D eigenvalue weighted by atomic mass is 9.98. The third kappa shape index (κ3) is 2.67. The summed E-state index contributed by atoms with van der Waals surface area (Å²) in [6.07, 6.45) is 0.743. The number of aryl methyl sites for hydroxylation is 1. The second-order valence-electron chi connectivity index (χ2n) is 5.23. The number of rotatable bonds is 2. The summed E-state index contributed by atoms with van der Waals surface area (Å²) in [6, 6.07) is 1.53. The molecule has 0 aliphatic heterocycles. The Morgan fingerprint density at radius 1 is 1.33 bits per heavy atom. The fourth-order valence-corrected chi connectivity index (χ4v) is 2.43. The van der Waals surface area contributed by atoms with Crippen LogP contribution in [0.1, 0.15) is 38.4 Å². The first-order valence-corrected chi connectivity index (χ1v) is 6.84. The number of aromatic amines is 1. The zero-order valence-electron chi connectivity index (χ0n) is 11.1. The monoisotopic (exact) mass is 263 g/mol. The topological polar surface area (TPSA) is 58.6 Å². The third-order valence-electron chi connectivity index (χ3n) is 2.55. The molecule has 0 aromatic carbocycles. The first kappa shape index (κ1) is 13.0. The third-order valence-corrected chi connectivity index (χ3v) is 3.81. The largest absolute Gasteiger partial charge is 0.305 e. The van der Waals surface area contributed by atoms with Crippen LogP contribution in [-0.2, 0) is 11.8 Å². The summed E-state index contributed by atoms with van der Waals surface area (Å²) in [5, 5.41) is 2.99. The molecule has 0 fully saturated rings. The number of nitrogens with zero attached hydrogens (tertiary/aromatic N) is 2. The molecule has 2 heterocycles. The lowest BCUT2D eigenvalue weighted by molar-refractivity contribution is 0.586. The van der Waals surface area contributed by atoms with Crippen LogP contribution in [0.5, 0.6) is 0 Å². The minimum atomic E-state index is -0.123. The van der Waals surface area contributed by atoms with Crippen molar-refractivity contribution >= 4 is 11.3 Å². The molecule has 0 saturated carbocycles. The standard InChI is InChI=1S/C13H17N3OS/c1-5-8-6-10(17)16-11(14-8)9-7-18-12(15-9)13(2,3)4/h6-7H,5H2,1-4H3,(H,14,16,17). The van der Waals surface area contributed by atoms with Gasteiger partial charge in [0.05, 0.1) is 5.01 Å². The molecule has 1 N–H and O–H groups in total. The second-order valence-corrected chi connectivity index (χ2v) is 6.08. The lowest BCUT2D eigenvalue weighted by Gasteiger charge is -2.13. The molecule has 2 rings (SSSR count). The molecule has 0 saturated heterocycles.